The number of rotatable bonds is 19. The van der Waals surface area contributed by atoms with Crippen LogP contribution in [0.2, 0.25) is 0 Å². The van der Waals surface area contributed by atoms with Gasteiger partial charge in [0.05, 0.1) is 0 Å². The van der Waals surface area contributed by atoms with Gasteiger partial charge in [-0.15, -0.1) is 0 Å². The summed E-state index contributed by atoms with van der Waals surface area (Å²) in [5.74, 6) is 1.15. The van der Waals surface area contributed by atoms with Crippen molar-refractivity contribution < 1.29 is 14.2 Å². The van der Waals surface area contributed by atoms with Crippen molar-refractivity contribution in [3.05, 3.63) is 68.8 Å². The molecule has 0 aromatic heterocycles. The number of carbonyl (C=O) groups is 2. The van der Waals surface area contributed by atoms with Gasteiger partial charge in [0.2, 0.25) is 18.2 Å². The van der Waals surface area contributed by atoms with E-state index < -0.39 is 18.2 Å². The normalized spacial score (nSPS) is 17.1. The van der Waals surface area contributed by atoms with Gasteiger partial charge in [0, 0.05) is 17.3 Å². The lowest BCUT2D eigenvalue weighted by Crippen LogP contribution is -2.22. The molecule has 4 heteroatoms. The maximum Gasteiger partial charge on any atom is 0.229 e. The Morgan fingerprint density at radius 3 is 0.978 bits per heavy atom. The van der Waals surface area contributed by atoms with Crippen molar-refractivity contribution in [2.45, 2.75) is 177 Å². The average Bonchev–Trinajstić information content (AvgIpc) is 3.09. The van der Waals surface area contributed by atoms with Gasteiger partial charge in [-0.05, 0) is 114 Å². The molecule has 0 bridgehead atoms. The zero-order chi connectivity index (χ0) is 34.9. The van der Waals surface area contributed by atoms with Gasteiger partial charge in [0.15, 0.2) is 0 Å². The van der Waals surface area contributed by atoms with Crippen molar-refractivity contribution in [2.75, 3.05) is 6.16 Å². The summed E-state index contributed by atoms with van der Waals surface area (Å²) in [5, 5.41) is 0. The molecular formula is C42H67O3P. The van der Waals surface area contributed by atoms with Gasteiger partial charge in [-0.1, -0.05) is 121 Å². The van der Waals surface area contributed by atoms with Crippen LogP contribution in [0, 0.1) is 0 Å². The quantitative estimate of drug-likeness (QED) is 0.142. The summed E-state index contributed by atoms with van der Waals surface area (Å²) in [6, 6.07) is 8.80. The third-order valence-electron chi connectivity index (χ3n) is 11.3. The third kappa shape index (κ3) is 8.53. The van der Waals surface area contributed by atoms with Crippen molar-refractivity contribution in [1.29, 1.82) is 0 Å². The Hall–Kier alpha value is -1.99. The van der Waals surface area contributed by atoms with Gasteiger partial charge in [-0.25, -0.2) is 0 Å². The first-order chi connectivity index (χ1) is 21.7. The lowest BCUT2D eigenvalue weighted by molar-refractivity contribution is 0.103. The molecule has 46 heavy (non-hydrogen) atoms. The van der Waals surface area contributed by atoms with Gasteiger partial charge < -0.3 is 4.57 Å². The fourth-order valence-electron chi connectivity index (χ4n) is 6.43. The summed E-state index contributed by atoms with van der Waals surface area (Å²) in [4.78, 5) is 30.5. The lowest BCUT2D eigenvalue weighted by atomic mass is 9.82. The molecule has 2 rings (SSSR count). The Morgan fingerprint density at radius 1 is 0.500 bits per heavy atom. The van der Waals surface area contributed by atoms with Crippen molar-refractivity contribution >= 4 is 18.2 Å². The smallest absolute Gasteiger partial charge is 0.229 e. The molecule has 0 saturated carbocycles. The van der Waals surface area contributed by atoms with Crippen LogP contribution in [-0.4, -0.2) is 17.2 Å². The molecule has 6 atom stereocenters. The van der Waals surface area contributed by atoms with Crippen LogP contribution in [0.5, 0.6) is 0 Å². The molecule has 0 aliphatic carbocycles. The Morgan fingerprint density at radius 2 is 0.761 bits per heavy atom. The first kappa shape index (κ1) is 40.2. The monoisotopic (exact) mass is 650 g/mol. The van der Waals surface area contributed by atoms with Crippen LogP contribution in [0.4, 0.5) is 0 Å². The minimum Gasteiger partial charge on any atom is -0.307 e. The first-order valence-corrected chi connectivity index (χ1v) is 20.7. The minimum absolute atomic E-state index is 0.113. The van der Waals surface area contributed by atoms with E-state index in [0.29, 0.717) is 29.4 Å². The highest BCUT2D eigenvalue weighted by molar-refractivity contribution is 7.95. The average molecular weight is 651 g/mol. The van der Waals surface area contributed by atoms with E-state index in [4.69, 9.17) is 0 Å². The molecule has 0 spiro atoms. The summed E-state index contributed by atoms with van der Waals surface area (Å²) in [5.41, 5.74) is 6.72. The number of carbonyl (C=O) groups excluding carboxylic acids is 2. The second-order valence-electron chi connectivity index (χ2n) is 14.4. The zero-order valence-electron chi connectivity index (χ0n) is 31.8. The Bertz CT molecular complexity index is 1210. The molecular weight excluding hydrogens is 583 g/mol. The van der Waals surface area contributed by atoms with Crippen molar-refractivity contribution in [2.24, 2.45) is 0 Å². The highest BCUT2D eigenvalue weighted by atomic mass is 31.2. The molecule has 0 aliphatic heterocycles. The summed E-state index contributed by atoms with van der Waals surface area (Å²) < 4.78 is 15.7. The lowest BCUT2D eigenvalue weighted by Gasteiger charge is -2.29. The second-order valence-corrected chi connectivity index (χ2v) is 17.2. The van der Waals surface area contributed by atoms with Crippen LogP contribution < -0.4 is 0 Å². The van der Waals surface area contributed by atoms with E-state index in [9.17, 15) is 0 Å². The molecule has 0 saturated heterocycles. The zero-order valence-corrected chi connectivity index (χ0v) is 32.7. The van der Waals surface area contributed by atoms with Crippen LogP contribution in [0.1, 0.15) is 231 Å². The van der Waals surface area contributed by atoms with Crippen molar-refractivity contribution in [3.8, 4) is 0 Å². The van der Waals surface area contributed by atoms with E-state index in [1.807, 2.05) is 6.92 Å². The Kier molecular flexibility index (Phi) is 15.7. The summed E-state index contributed by atoms with van der Waals surface area (Å²) in [6.07, 6.45) is 6.96. The Labute approximate surface area is 283 Å². The molecule has 3 nitrogen and oxygen atoms in total. The van der Waals surface area contributed by atoms with Crippen molar-refractivity contribution in [3.63, 3.8) is 0 Å². The Balaban J connectivity index is 3.10. The SMILES string of the molecule is CCCCP(=O)(C(=O)c1c(C(C)CC)cc(C(C)CC)cc1C(C)CC)C(=O)c1c(C(C)CC)cc(C(C)CC)cc1C(C)CC. The maximum atomic E-state index is 15.7. The summed E-state index contributed by atoms with van der Waals surface area (Å²) in [6.45, 7) is 28.2. The second kappa shape index (κ2) is 18.0. The number of benzene rings is 2. The van der Waals surface area contributed by atoms with E-state index in [1.54, 1.807) is 0 Å². The van der Waals surface area contributed by atoms with Gasteiger partial charge in [-0.2, -0.15) is 0 Å². The van der Waals surface area contributed by atoms with Crippen molar-refractivity contribution in [1.82, 2.24) is 0 Å². The van der Waals surface area contributed by atoms with Crippen LogP contribution in [-0.2, 0) is 4.57 Å². The predicted octanol–water partition coefficient (Wildman–Crippen LogP) is 13.9. The fraction of sp³-hybridized carbons (Fsp3) is 0.667. The van der Waals surface area contributed by atoms with Gasteiger partial charge in [0.1, 0.15) is 0 Å². The molecule has 258 valence electrons. The van der Waals surface area contributed by atoms with Gasteiger partial charge >= 0.3 is 0 Å². The van der Waals surface area contributed by atoms with Gasteiger partial charge in [0.25, 0.3) is 0 Å². The molecule has 6 unspecified atom stereocenters. The molecule has 0 fully saturated rings. The van der Waals surface area contributed by atoms with E-state index in [0.717, 1.165) is 67.2 Å². The topological polar surface area (TPSA) is 51.2 Å². The van der Waals surface area contributed by atoms with Crippen LogP contribution in [0.25, 0.3) is 0 Å². The molecule has 0 radical (unpaired) electrons. The van der Waals surface area contributed by atoms with Crippen LogP contribution >= 0.6 is 7.14 Å². The predicted molar refractivity (Wildman–Crippen MR) is 201 cm³/mol. The molecule has 0 aliphatic rings. The summed E-state index contributed by atoms with van der Waals surface area (Å²) >= 11 is 0. The minimum atomic E-state index is -4.04. The first-order valence-electron chi connectivity index (χ1n) is 18.8. The summed E-state index contributed by atoms with van der Waals surface area (Å²) in [7, 11) is -4.04. The largest absolute Gasteiger partial charge is 0.307 e. The molecule has 0 N–H and O–H groups in total. The number of unbranched alkanes of at least 4 members (excludes halogenated alkanes) is 1. The number of hydrogen-bond acceptors (Lipinski definition) is 3. The van der Waals surface area contributed by atoms with E-state index in [-0.39, 0.29) is 29.8 Å². The van der Waals surface area contributed by atoms with Gasteiger partial charge in [-0.3, -0.25) is 9.59 Å². The van der Waals surface area contributed by atoms with Crippen LogP contribution in [0.15, 0.2) is 24.3 Å². The number of hydrogen-bond donors (Lipinski definition) is 0. The van der Waals surface area contributed by atoms with E-state index in [2.05, 4.69) is 107 Å². The van der Waals surface area contributed by atoms with Crippen LogP contribution in [0.3, 0.4) is 0 Å². The fourth-order valence-corrected chi connectivity index (χ4v) is 9.02. The van der Waals surface area contributed by atoms with E-state index >= 15 is 14.2 Å². The third-order valence-corrected chi connectivity index (χ3v) is 14.0. The van der Waals surface area contributed by atoms with E-state index in [1.165, 1.54) is 11.1 Å². The maximum absolute atomic E-state index is 15.7. The highest BCUT2D eigenvalue weighted by Gasteiger charge is 2.45. The molecule has 2 aromatic carbocycles. The highest BCUT2D eigenvalue weighted by Crippen LogP contribution is 2.56. The molecule has 0 amide bonds. The standard InChI is InChI=1S/C42H67O3P/c1-14-21-22-46(45,41(43)39-35(29(10)17-4)23-33(27(8)15-2)24-36(39)30(11)18-5)42(44)40-37(31(12)19-6)25-34(28(9)16-3)26-38(40)32(13)20-7/h23-32H,14-22H2,1-13H3. The molecule has 0 heterocycles. The molecule has 2 aromatic rings.